The standard InChI is InChI=1S/C25H26N4O/c30-25(26-14-6-9-21-18-27-28-19-21)23-12-13-24(29-15-4-5-16-29)22(17-23)11-10-20-7-2-1-3-8-20/h1-3,7-8,12-13,17-19H,4-6,9,14-16H2,(H,26,30)(H,27,28). The quantitative estimate of drug-likeness (QED) is 0.491. The lowest BCUT2D eigenvalue weighted by Crippen LogP contribution is -2.25. The van der Waals surface area contributed by atoms with Crippen LogP contribution in [0.25, 0.3) is 0 Å². The van der Waals surface area contributed by atoms with Gasteiger partial charge in [0.25, 0.3) is 5.91 Å². The first-order valence-electron chi connectivity index (χ1n) is 10.5. The molecule has 0 saturated carbocycles. The Bertz CT molecular complexity index is 1030. The molecule has 152 valence electrons. The first kappa shape index (κ1) is 19.8. The summed E-state index contributed by atoms with van der Waals surface area (Å²) in [6.07, 6.45) is 7.86. The second kappa shape index (κ2) is 9.80. The normalized spacial score (nSPS) is 13.0. The van der Waals surface area contributed by atoms with Crippen molar-refractivity contribution in [3.63, 3.8) is 0 Å². The minimum atomic E-state index is -0.0575. The van der Waals surface area contributed by atoms with Crippen molar-refractivity contribution in [1.29, 1.82) is 0 Å². The summed E-state index contributed by atoms with van der Waals surface area (Å²) in [7, 11) is 0. The Balaban J connectivity index is 1.48. The number of aryl methyl sites for hydroxylation is 1. The highest BCUT2D eigenvalue weighted by Gasteiger charge is 2.17. The fourth-order valence-corrected chi connectivity index (χ4v) is 3.68. The van der Waals surface area contributed by atoms with E-state index in [-0.39, 0.29) is 5.91 Å². The Morgan fingerprint density at radius 3 is 2.70 bits per heavy atom. The molecule has 5 heteroatoms. The van der Waals surface area contributed by atoms with E-state index in [0.29, 0.717) is 12.1 Å². The van der Waals surface area contributed by atoms with Crippen LogP contribution >= 0.6 is 0 Å². The van der Waals surface area contributed by atoms with Crippen LogP contribution < -0.4 is 10.2 Å². The monoisotopic (exact) mass is 398 g/mol. The zero-order chi connectivity index (χ0) is 20.6. The van der Waals surface area contributed by atoms with Crippen LogP contribution in [0, 0.1) is 11.8 Å². The van der Waals surface area contributed by atoms with E-state index in [0.717, 1.165) is 48.3 Å². The second-order valence-electron chi connectivity index (χ2n) is 7.51. The summed E-state index contributed by atoms with van der Waals surface area (Å²) in [5, 5.41) is 9.77. The summed E-state index contributed by atoms with van der Waals surface area (Å²) in [6, 6.07) is 15.8. The van der Waals surface area contributed by atoms with Crippen molar-refractivity contribution in [2.24, 2.45) is 0 Å². The number of hydrogen-bond donors (Lipinski definition) is 2. The Labute approximate surface area is 177 Å². The zero-order valence-electron chi connectivity index (χ0n) is 17.0. The van der Waals surface area contributed by atoms with Gasteiger partial charge < -0.3 is 10.2 Å². The Morgan fingerprint density at radius 2 is 1.93 bits per heavy atom. The summed E-state index contributed by atoms with van der Waals surface area (Å²) < 4.78 is 0. The molecule has 0 aliphatic carbocycles. The van der Waals surface area contributed by atoms with Gasteiger partial charge in [0.2, 0.25) is 0 Å². The highest BCUT2D eigenvalue weighted by Crippen LogP contribution is 2.25. The second-order valence-corrected chi connectivity index (χ2v) is 7.51. The van der Waals surface area contributed by atoms with Gasteiger partial charge >= 0.3 is 0 Å². The Morgan fingerprint density at radius 1 is 1.10 bits per heavy atom. The van der Waals surface area contributed by atoms with E-state index in [1.165, 1.54) is 12.8 Å². The molecule has 4 rings (SSSR count). The van der Waals surface area contributed by atoms with E-state index in [2.05, 4.69) is 32.3 Å². The van der Waals surface area contributed by atoms with Crippen molar-refractivity contribution in [2.45, 2.75) is 25.7 Å². The van der Waals surface area contributed by atoms with Crippen molar-refractivity contribution in [3.05, 3.63) is 83.2 Å². The third-order valence-electron chi connectivity index (χ3n) is 5.30. The lowest BCUT2D eigenvalue weighted by atomic mass is 10.1. The molecule has 0 bridgehead atoms. The molecule has 0 radical (unpaired) electrons. The topological polar surface area (TPSA) is 61.0 Å². The number of H-pyrrole nitrogens is 1. The van der Waals surface area contributed by atoms with Crippen LogP contribution in [-0.4, -0.2) is 35.7 Å². The smallest absolute Gasteiger partial charge is 0.251 e. The van der Waals surface area contributed by atoms with Crippen LogP contribution in [0.2, 0.25) is 0 Å². The largest absolute Gasteiger partial charge is 0.371 e. The van der Waals surface area contributed by atoms with Crippen molar-refractivity contribution in [3.8, 4) is 11.8 Å². The molecule has 2 heterocycles. The molecule has 0 spiro atoms. The first-order chi connectivity index (χ1) is 14.8. The van der Waals surface area contributed by atoms with E-state index < -0.39 is 0 Å². The minimum absolute atomic E-state index is 0.0575. The molecule has 3 aromatic rings. The molecule has 0 unspecified atom stereocenters. The third-order valence-corrected chi connectivity index (χ3v) is 5.30. The number of carbonyl (C=O) groups excluding carboxylic acids is 1. The summed E-state index contributed by atoms with van der Waals surface area (Å²) in [5.41, 5.74) is 4.80. The van der Waals surface area contributed by atoms with E-state index in [4.69, 9.17) is 0 Å². The average molecular weight is 399 g/mol. The van der Waals surface area contributed by atoms with Crippen LogP contribution in [0.5, 0.6) is 0 Å². The van der Waals surface area contributed by atoms with Crippen molar-refractivity contribution in [1.82, 2.24) is 15.5 Å². The van der Waals surface area contributed by atoms with Crippen molar-refractivity contribution >= 4 is 11.6 Å². The number of hydrogen-bond acceptors (Lipinski definition) is 3. The molecule has 1 fully saturated rings. The number of aromatic amines is 1. The van der Waals surface area contributed by atoms with Gasteiger partial charge in [0.15, 0.2) is 0 Å². The van der Waals surface area contributed by atoms with Gasteiger partial charge in [-0.2, -0.15) is 5.10 Å². The number of nitrogens with one attached hydrogen (secondary N) is 2. The molecule has 1 aromatic heterocycles. The van der Waals surface area contributed by atoms with Gasteiger partial charge in [-0.25, -0.2) is 0 Å². The molecule has 0 atom stereocenters. The van der Waals surface area contributed by atoms with Crippen LogP contribution in [0.15, 0.2) is 60.9 Å². The van der Waals surface area contributed by atoms with Gasteiger partial charge in [-0.1, -0.05) is 30.0 Å². The number of anilines is 1. The van der Waals surface area contributed by atoms with Gasteiger partial charge in [-0.15, -0.1) is 0 Å². The SMILES string of the molecule is O=C(NCCCc1cn[nH]c1)c1ccc(N2CCCC2)c(C#Cc2ccccc2)c1. The van der Waals surface area contributed by atoms with Gasteiger partial charge in [0.1, 0.15) is 0 Å². The summed E-state index contributed by atoms with van der Waals surface area (Å²) in [6.45, 7) is 2.71. The molecule has 1 aliphatic rings. The number of aromatic nitrogens is 2. The highest BCUT2D eigenvalue weighted by atomic mass is 16.1. The van der Waals surface area contributed by atoms with Gasteiger partial charge in [0.05, 0.1) is 11.9 Å². The maximum absolute atomic E-state index is 12.7. The molecule has 2 aromatic carbocycles. The lowest BCUT2D eigenvalue weighted by Gasteiger charge is -2.20. The van der Waals surface area contributed by atoms with E-state index in [1.54, 1.807) is 0 Å². The van der Waals surface area contributed by atoms with Gasteiger partial charge in [0, 0.05) is 42.5 Å². The van der Waals surface area contributed by atoms with E-state index in [1.807, 2.05) is 60.9 Å². The molecular weight excluding hydrogens is 372 g/mol. The average Bonchev–Trinajstić information content (AvgIpc) is 3.50. The van der Waals surface area contributed by atoms with Crippen LogP contribution in [0.3, 0.4) is 0 Å². The third kappa shape index (κ3) is 5.09. The molecule has 5 nitrogen and oxygen atoms in total. The number of benzene rings is 2. The maximum Gasteiger partial charge on any atom is 0.251 e. The summed E-state index contributed by atoms with van der Waals surface area (Å²) >= 11 is 0. The molecular formula is C25H26N4O. The predicted octanol–water partition coefficient (Wildman–Crippen LogP) is 3.77. The molecule has 1 amide bonds. The maximum atomic E-state index is 12.7. The molecule has 1 aliphatic heterocycles. The Hall–Kier alpha value is -3.52. The number of amides is 1. The van der Waals surface area contributed by atoms with Crippen molar-refractivity contribution in [2.75, 3.05) is 24.5 Å². The zero-order valence-corrected chi connectivity index (χ0v) is 17.0. The van der Waals surface area contributed by atoms with Crippen LogP contribution in [-0.2, 0) is 6.42 Å². The first-order valence-corrected chi connectivity index (χ1v) is 10.5. The number of nitrogens with zero attached hydrogens (tertiary/aromatic N) is 2. The number of rotatable bonds is 6. The number of carbonyl (C=O) groups is 1. The van der Waals surface area contributed by atoms with Crippen molar-refractivity contribution < 1.29 is 4.79 Å². The highest BCUT2D eigenvalue weighted by molar-refractivity contribution is 5.95. The van der Waals surface area contributed by atoms with Crippen LogP contribution in [0.4, 0.5) is 5.69 Å². The predicted molar refractivity (Wildman–Crippen MR) is 120 cm³/mol. The minimum Gasteiger partial charge on any atom is -0.371 e. The van der Waals surface area contributed by atoms with Gasteiger partial charge in [-0.3, -0.25) is 9.89 Å². The van der Waals surface area contributed by atoms with E-state index >= 15 is 0 Å². The summed E-state index contributed by atoms with van der Waals surface area (Å²) in [5.74, 6) is 6.49. The van der Waals surface area contributed by atoms with E-state index in [9.17, 15) is 4.79 Å². The fourth-order valence-electron chi connectivity index (χ4n) is 3.68. The molecule has 2 N–H and O–H groups in total. The van der Waals surface area contributed by atoms with Crippen LogP contribution in [0.1, 0.15) is 46.3 Å². The Kier molecular flexibility index (Phi) is 6.46. The molecule has 1 saturated heterocycles. The lowest BCUT2D eigenvalue weighted by molar-refractivity contribution is 0.0953. The van der Waals surface area contributed by atoms with Gasteiger partial charge in [-0.05, 0) is 61.6 Å². The fraction of sp³-hybridized carbons (Fsp3) is 0.280. The molecule has 30 heavy (non-hydrogen) atoms. The summed E-state index contributed by atoms with van der Waals surface area (Å²) in [4.78, 5) is 15.0.